The van der Waals surface area contributed by atoms with Gasteiger partial charge in [0.1, 0.15) is 10.6 Å². The van der Waals surface area contributed by atoms with Crippen molar-refractivity contribution < 1.29 is 4.39 Å². The molecule has 0 aliphatic heterocycles. The predicted molar refractivity (Wildman–Crippen MR) is 101 cm³/mol. The number of thiophene rings is 1. The van der Waals surface area contributed by atoms with Gasteiger partial charge in [0.05, 0.1) is 5.39 Å². The van der Waals surface area contributed by atoms with Gasteiger partial charge in [0.2, 0.25) is 0 Å². The lowest BCUT2D eigenvalue weighted by Gasteiger charge is -2.06. The van der Waals surface area contributed by atoms with E-state index in [1.54, 1.807) is 31.5 Å². The lowest BCUT2D eigenvalue weighted by Crippen LogP contribution is -2.34. The lowest BCUT2D eigenvalue weighted by molar-refractivity contribution is 0.628. The van der Waals surface area contributed by atoms with Crippen LogP contribution in [0.25, 0.3) is 31.8 Å². The van der Waals surface area contributed by atoms with Crippen molar-refractivity contribution >= 4 is 21.6 Å². The van der Waals surface area contributed by atoms with Gasteiger partial charge in [-0.05, 0) is 42.3 Å². The summed E-state index contributed by atoms with van der Waals surface area (Å²) in [5.74, 6) is -0.349. The summed E-state index contributed by atoms with van der Waals surface area (Å²) >= 11 is 1.33. The summed E-state index contributed by atoms with van der Waals surface area (Å²) in [6.07, 6.45) is 3.34. The van der Waals surface area contributed by atoms with Crippen LogP contribution in [0.15, 0.2) is 58.4 Å². The largest absolute Gasteiger partial charge is 0.329 e. The Hall–Kier alpha value is -3.06. The Morgan fingerprint density at radius 3 is 2.42 bits per heavy atom. The molecule has 130 valence electrons. The number of pyridine rings is 1. The highest BCUT2D eigenvalue weighted by Gasteiger charge is 2.20. The predicted octanol–water partition coefficient (Wildman–Crippen LogP) is 3.64. The summed E-state index contributed by atoms with van der Waals surface area (Å²) in [7, 11) is 0. The highest BCUT2D eigenvalue weighted by molar-refractivity contribution is 7.22. The van der Waals surface area contributed by atoms with Gasteiger partial charge >= 0.3 is 5.69 Å². The van der Waals surface area contributed by atoms with Gasteiger partial charge in [-0.15, -0.1) is 11.3 Å². The average molecular weight is 367 g/mol. The minimum atomic E-state index is -0.432. The van der Waals surface area contributed by atoms with Crippen molar-refractivity contribution in [3.05, 3.63) is 75.4 Å². The van der Waals surface area contributed by atoms with E-state index >= 15 is 0 Å². The SMILES string of the molecule is CCn1c(=O)[nH]c2sc(-c3ccncc3)c(-c3ccc(F)cc3)c2c1=O. The number of nitrogens with zero attached hydrogens (tertiary/aromatic N) is 2. The standard InChI is InChI=1S/C19H14FN3O2S/c1-2-23-18(24)15-14(11-3-5-13(20)6-4-11)16(12-7-9-21-10-8-12)26-17(15)22-19(23)25/h3-10H,2H2,1H3,(H,22,25). The second-order valence-electron chi connectivity index (χ2n) is 5.73. The number of hydrogen-bond acceptors (Lipinski definition) is 4. The van der Waals surface area contributed by atoms with E-state index in [4.69, 9.17) is 0 Å². The van der Waals surface area contributed by atoms with Crippen LogP contribution in [-0.4, -0.2) is 14.5 Å². The molecule has 0 radical (unpaired) electrons. The first kappa shape index (κ1) is 16.4. The number of aromatic nitrogens is 3. The smallest absolute Gasteiger partial charge is 0.298 e. The van der Waals surface area contributed by atoms with Crippen molar-refractivity contribution in [1.29, 1.82) is 0 Å². The van der Waals surface area contributed by atoms with E-state index in [1.807, 2.05) is 12.1 Å². The molecule has 5 nitrogen and oxygen atoms in total. The molecule has 26 heavy (non-hydrogen) atoms. The number of nitrogens with one attached hydrogen (secondary N) is 1. The second kappa shape index (κ2) is 6.34. The van der Waals surface area contributed by atoms with Crippen molar-refractivity contribution in [3.63, 3.8) is 0 Å². The Kier molecular flexibility index (Phi) is 4.00. The van der Waals surface area contributed by atoms with E-state index in [0.717, 1.165) is 16.0 Å². The van der Waals surface area contributed by atoms with Crippen LogP contribution in [-0.2, 0) is 6.54 Å². The molecular formula is C19H14FN3O2S. The van der Waals surface area contributed by atoms with Gasteiger partial charge in [-0.3, -0.25) is 19.3 Å². The van der Waals surface area contributed by atoms with Crippen LogP contribution in [0.4, 0.5) is 4.39 Å². The van der Waals surface area contributed by atoms with Gasteiger partial charge in [-0.25, -0.2) is 9.18 Å². The van der Waals surface area contributed by atoms with Crippen LogP contribution >= 0.6 is 11.3 Å². The van der Waals surface area contributed by atoms with Gasteiger partial charge in [0, 0.05) is 29.4 Å². The van der Waals surface area contributed by atoms with Crippen LogP contribution in [0.2, 0.25) is 0 Å². The molecule has 0 bridgehead atoms. The maximum atomic E-state index is 13.4. The number of benzene rings is 1. The number of H-pyrrole nitrogens is 1. The Morgan fingerprint density at radius 1 is 1.08 bits per heavy atom. The van der Waals surface area contributed by atoms with Gasteiger partial charge in [-0.2, -0.15) is 0 Å². The van der Waals surface area contributed by atoms with Crippen molar-refractivity contribution in [2.24, 2.45) is 0 Å². The zero-order chi connectivity index (χ0) is 18.3. The summed E-state index contributed by atoms with van der Waals surface area (Å²) in [5.41, 5.74) is 1.51. The molecule has 0 aliphatic rings. The maximum absolute atomic E-state index is 13.4. The van der Waals surface area contributed by atoms with Crippen LogP contribution in [0.5, 0.6) is 0 Å². The Bertz CT molecular complexity index is 1210. The lowest BCUT2D eigenvalue weighted by atomic mass is 10.0. The highest BCUT2D eigenvalue weighted by atomic mass is 32.1. The van der Waals surface area contributed by atoms with E-state index in [1.165, 1.54) is 28.0 Å². The molecule has 7 heteroatoms. The van der Waals surface area contributed by atoms with E-state index in [-0.39, 0.29) is 17.9 Å². The molecule has 3 heterocycles. The fourth-order valence-electron chi connectivity index (χ4n) is 3.00. The molecule has 0 aliphatic carbocycles. The quantitative estimate of drug-likeness (QED) is 0.601. The Balaban J connectivity index is 2.16. The fraction of sp³-hybridized carbons (Fsp3) is 0.105. The monoisotopic (exact) mass is 367 g/mol. The first-order valence-corrected chi connectivity index (χ1v) is 8.87. The summed E-state index contributed by atoms with van der Waals surface area (Å²) in [4.78, 5) is 33.3. The first-order valence-electron chi connectivity index (χ1n) is 8.06. The van der Waals surface area contributed by atoms with Gasteiger partial charge in [0.15, 0.2) is 0 Å². The highest BCUT2D eigenvalue weighted by Crippen LogP contribution is 2.42. The molecule has 1 aromatic carbocycles. The number of fused-ring (bicyclic) bond motifs is 1. The van der Waals surface area contributed by atoms with E-state index in [2.05, 4.69) is 9.97 Å². The van der Waals surface area contributed by atoms with E-state index < -0.39 is 5.69 Å². The van der Waals surface area contributed by atoms with Gasteiger partial charge in [-0.1, -0.05) is 12.1 Å². The molecule has 0 saturated carbocycles. The summed E-state index contributed by atoms with van der Waals surface area (Å²) in [6.45, 7) is 2.02. The van der Waals surface area contributed by atoms with Crippen molar-refractivity contribution in [2.45, 2.75) is 13.5 Å². The zero-order valence-corrected chi connectivity index (χ0v) is 14.6. The minimum absolute atomic E-state index is 0.271. The van der Waals surface area contributed by atoms with Crippen LogP contribution in [0, 0.1) is 5.82 Å². The minimum Gasteiger partial charge on any atom is -0.298 e. The number of halogens is 1. The van der Waals surface area contributed by atoms with Crippen LogP contribution < -0.4 is 11.2 Å². The van der Waals surface area contributed by atoms with Crippen LogP contribution in [0.3, 0.4) is 0 Å². The third-order valence-electron chi connectivity index (χ3n) is 4.22. The summed E-state index contributed by atoms with van der Waals surface area (Å²) < 4.78 is 14.6. The maximum Gasteiger partial charge on any atom is 0.329 e. The molecule has 4 rings (SSSR count). The topological polar surface area (TPSA) is 67.8 Å². The van der Waals surface area contributed by atoms with Gasteiger partial charge in [0.25, 0.3) is 5.56 Å². The van der Waals surface area contributed by atoms with Crippen molar-refractivity contribution in [3.8, 4) is 21.6 Å². The second-order valence-corrected chi connectivity index (χ2v) is 6.75. The molecular weight excluding hydrogens is 353 g/mol. The molecule has 0 fully saturated rings. The number of rotatable bonds is 3. The van der Waals surface area contributed by atoms with Crippen LogP contribution in [0.1, 0.15) is 6.92 Å². The molecule has 3 aromatic heterocycles. The zero-order valence-electron chi connectivity index (χ0n) is 13.8. The number of aromatic amines is 1. The van der Waals surface area contributed by atoms with Crippen molar-refractivity contribution in [1.82, 2.24) is 14.5 Å². The molecule has 4 aromatic rings. The van der Waals surface area contributed by atoms with E-state index in [9.17, 15) is 14.0 Å². The molecule has 0 saturated heterocycles. The van der Waals surface area contributed by atoms with E-state index in [0.29, 0.717) is 15.8 Å². The Labute approximate surface area is 151 Å². The first-order chi connectivity index (χ1) is 12.6. The van der Waals surface area contributed by atoms with Crippen molar-refractivity contribution in [2.75, 3.05) is 0 Å². The summed E-state index contributed by atoms with van der Waals surface area (Å²) in [5, 5.41) is 0.440. The fourth-order valence-corrected chi connectivity index (χ4v) is 4.21. The normalized spacial score (nSPS) is 11.2. The molecule has 0 atom stereocenters. The molecule has 0 amide bonds. The summed E-state index contributed by atoms with van der Waals surface area (Å²) in [6, 6.07) is 9.69. The number of hydrogen-bond donors (Lipinski definition) is 1. The molecule has 1 N–H and O–H groups in total. The Morgan fingerprint density at radius 2 is 1.77 bits per heavy atom. The molecule has 0 unspecified atom stereocenters. The van der Waals surface area contributed by atoms with Gasteiger partial charge < -0.3 is 0 Å². The third-order valence-corrected chi connectivity index (χ3v) is 5.38. The third kappa shape index (κ3) is 2.57. The average Bonchev–Trinajstić information content (AvgIpc) is 3.03. The molecule has 0 spiro atoms.